The average Bonchev–Trinajstić information content (AvgIpc) is 3.76. The molecule has 0 saturated heterocycles. The molecule has 1 N–H and O–H groups in total. The summed E-state index contributed by atoms with van der Waals surface area (Å²) < 4.78 is 5.20. The monoisotopic (exact) mass is 691 g/mol. The predicted molar refractivity (Wildman–Crippen MR) is 228 cm³/mol. The average molecular weight is 692 g/mol. The smallest absolute Gasteiger partial charge is 0.197 e. The molecule has 0 fully saturated rings. The number of fused-ring (bicyclic) bond motifs is 8. The van der Waals surface area contributed by atoms with Crippen molar-refractivity contribution in [2.24, 2.45) is 0 Å². The van der Waals surface area contributed by atoms with Gasteiger partial charge < -0.3 is 9.88 Å². The maximum atomic E-state index is 3.78. The van der Waals surface area contributed by atoms with Gasteiger partial charge in [0, 0.05) is 65.0 Å². The summed E-state index contributed by atoms with van der Waals surface area (Å²) in [5, 5.41) is 8.99. The maximum Gasteiger partial charge on any atom is 0.197 e. The number of benzene rings is 8. The summed E-state index contributed by atoms with van der Waals surface area (Å²) in [5.41, 5.74) is 14.6. The summed E-state index contributed by atoms with van der Waals surface area (Å²) in [6, 6.07) is 66.5. The van der Waals surface area contributed by atoms with Crippen LogP contribution in [0.2, 0.25) is 0 Å². The highest BCUT2D eigenvalue weighted by Crippen LogP contribution is 2.45. The normalized spacial score (nSPS) is 12.1. The van der Waals surface area contributed by atoms with E-state index in [2.05, 4.69) is 199 Å². The quantitative estimate of drug-likeness (QED) is 0.136. The Morgan fingerprint density at radius 2 is 1.17 bits per heavy atom. The highest BCUT2D eigenvalue weighted by Gasteiger charge is 2.31. The van der Waals surface area contributed by atoms with Gasteiger partial charge >= 0.3 is 0 Å². The van der Waals surface area contributed by atoms with Crippen LogP contribution in [0.4, 0.5) is 11.4 Å². The molecule has 3 heterocycles. The van der Waals surface area contributed by atoms with E-state index >= 15 is 0 Å². The molecule has 2 aromatic heterocycles. The van der Waals surface area contributed by atoms with E-state index in [0.29, 0.717) is 0 Å². The van der Waals surface area contributed by atoms with Crippen molar-refractivity contribution >= 4 is 82.9 Å². The van der Waals surface area contributed by atoms with Gasteiger partial charge in [-0.3, -0.25) is 0 Å². The minimum absolute atomic E-state index is 0.0170. The minimum Gasteiger partial charge on any atom is -0.355 e. The summed E-state index contributed by atoms with van der Waals surface area (Å²) in [6.45, 7) is 0. The summed E-state index contributed by atoms with van der Waals surface area (Å²) in [4.78, 5) is 0. The van der Waals surface area contributed by atoms with Gasteiger partial charge in [-0.2, -0.15) is 0 Å². The van der Waals surface area contributed by atoms with Crippen molar-refractivity contribution in [1.82, 2.24) is 4.57 Å². The second-order valence-corrected chi connectivity index (χ2v) is 15.0. The number of rotatable bonds is 6. The van der Waals surface area contributed by atoms with Crippen LogP contribution < -0.4 is 16.2 Å². The van der Waals surface area contributed by atoms with Crippen molar-refractivity contribution in [3.63, 3.8) is 0 Å². The van der Waals surface area contributed by atoms with Crippen molar-refractivity contribution < 1.29 is 0 Å². The van der Waals surface area contributed by atoms with Crippen LogP contribution in [0.1, 0.15) is 22.6 Å². The van der Waals surface area contributed by atoms with Crippen LogP contribution in [0.25, 0.3) is 58.8 Å². The third kappa shape index (κ3) is 4.80. The first kappa shape index (κ1) is 30.3. The Hall–Kier alpha value is -6.36. The topological polar surface area (TPSA) is 17.0 Å². The number of hydrogen-bond donors (Lipinski definition) is 1. The van der Waals surface area contributed by atoms with Crippen molar-refractivity contribution in [3.8, 4) is 16.8 Å². The van der Waals surface area contributed by atoms with E-state index in [4.69, 9.17) is 0 Å². The lowest BCUT2D eigenvalue weighted by Gasteiger charge is -2.27. The van der Waals surface area contributed by atoms with Crippen LogP contribution in [0.3, 0.4) is 0 Å². The van der Waals surface area contributed by atoms with Crippen LogP contribution in [0.5, 0.6) is 0 Å². The molecule has 4 heteroatoms. The highest BCUT2D eigenvalue weighted by atomic mass is 32.1. The highest BCUT2D eigenvalue weighted by molar-refractivity contribution is 7.25. The predicted octanol–water partition coefficient (Wildman–Crippen LogP) is 11.7. The molecule has 247 valence electrons. The number of aromatic nitrogens is 1. The van der Waals surface area contributed by atoms with E-state index in [9.17, 15) is 0 Å². The summed E-state index contributed by atoms with van der Waals surface area (Å²) in [5.74, 6) is 0.0170. The lowest BCUT2D eigenvalue weighted by molar-refractivity contribution is 0.990. The van der Waals surface area contributed by atoms with E-state index in [1.165, 1.54) is 86.4 Å². The molecule has 10 aromatic rings. The second kappa shape index (κ2) is 12.1. The van der Waals surface area contributed by atoms with Gasteiger partial charge in [-0.1, -0.05) is 139 Å². The Balaban J connectivity index is 1.29. The van der Waals surface area contributed by atoms with E-state index in [0.717, 1.165) is 11.4 Å². The second-order valence-electron chi connectivity index (χ2n) is 13.9. The number of para-hydroxylation sites is 3. The van der Waals surface area contributed by atoms with Crippen LogP contribution in [-0.4, -0.2) is 11.8 Å². The van der Waals surface area contributed by atoms with Gasteiger partial charge in [0.15, 0.2) is 7.28 Å². The van der Waals surface area contributed by atoms with Gasteiger partial charge in [-0.25, -0.2) is 0 Å². The lowest BCUT2D eigenvalue weighted by atomic mass is 9.58. The fourth-order valence-electron chi connectivity index (χ4n) is 8.65. The van der Waals surface area contributed by atoms with Gasteiger partial charge in [-0.15, -0.1) is 11.3 Å². The molecule has 1 aliphatic rings. The van der Waals surface area contributed by atoms with Crippen molar-refractivity contribution in [2.45, 2.75) is 5.92 Å². The molecule has 0 atom stereocenters. The molecule has 8 aromatic carbocycles. The molecule has 1 radical (unpaired) electrons. The zero-order valence-electron chi connectivity index (χ0n) is 28.8. The Labute approximate surface area is 312 Å². The van der Waals surface area contributed by atoms with Gasteiger partial charge in [-0.05, 0) is 76.2 Å². The van der Waals surface area contributed by atoms with Gasteiger partial charge in [0.05, 0.1) is 5.52 Å². The van der Waals surface area contributed by atoms with Crippen LogP contribution >= 0.6 is 11.3 Å². The van der Waals surface area contributed by atoms with Gasteiger partial charge in [0.1, 0.15) is 0 Å². The zero-order valence-corrected chi connectivity index (χ0v) is 29.6. The third-order valence-electron chi connectivity index (χ3n) is 10.9. The number of nitrogens with one attached hydrogen (secondary N) is 1. The molecule has 0 aliphatic carbocycles. The lowest BCUT2D eigenvalue weighted by Crippen LogP contribution is -2.37. The van der Waals surface area contributed by atoms with Crippen molar-refractivity contribution in [2.75, 3.05) is 5.32 Å². The number of hydrogen-bond acceptors (Lipinski definition) is 2. The Bertz CT molecular complexity index is 2960. The van der Waals surface area contributed by atoms with E-state index < -0.39 is 0 Å². The van der Waals surface area contributed by atoms with E-state index in [-0.39, 0.29) is 5.92 Å². The maximum absolute atomic E-state index is 3.78. The third-order valence-corrected chi connectivity index (χ3v) is 12.1. The molecule has 0 spiro atoms. The first-order valence-electron chi connectivity index (χ1n) is 18.2. The number of thiophene rings is 1. The largest absolute Gasteiger partial charge is 0.355 e. The Morgan fingerprint density at radius 1 is 0.528 bits per heavy atom. The van der Waals surface area contributed by atoms with E-state index in [1.54, 1.807) is 0 Å². The molecular formula is C49H32BN2S. The minimum atomic E-state index is 0.0170. The zero-order chi connectivity index (χ0) is 34.9. The molecule has 0 unspecified atom stereocenters. The summed E-state index contributed by atoms with van der Waals surface area (Å²) >= 11 is 1.88. The molecule has 2 nitrogen and oxygen atoms in total. The van der Waals surface area contributed by atoms with Crippen LogP contribution in [0.15, 0.2) is 182 Å². The van der Waals surface area contributed by atoms with Crippen LogP contribution in [-0.2, 0) is 0 Å². The molecule has 1 aliphatic heterocycles. The van der Waals surface area contributed by atoms with E-state index in [1.807, 2.05) is 11.3 Å². The summed E-state index contributed by atoms with van der Waals surface area (Å²) in [6.07, 6.45) is 0. The van der Waals surface area contributed by atoms with Crippen LogP contribution in [0, 0.1) is 0 Å². The Morgan fingerprint density at radius 3 is 1.94 bits per heavy atom. The molecule has 0 bridgehead atoms. The fourth-order valence-corrected chi connectivity index (χ4v) is 9.79. The van der Waals surface area contributed by atoms with Crippen molar-refractivity contribution in [3.05, 3.63) is 199 Å². The SMILES string of the molecule is [B]1c2cc3sc4ccccc4c3cc2-n2c3ccccc3c3c(C(c4ccccc4)c4ccccc4)cc(-c4ccccc4Nc4ccccc4)c1c32. The van der Waals surface area contributed by atoms with Crippen molar-refractivity contribution in [1.29, 1.82) is 0 Å². The standard InChI is InChI=1S/C49H32BN2S/c1-4-16-31(17-5-1)46(32-18-6-2-7-19-32)39-28-38(34-22-10-13-25-41(34)51-33-20-8-3-9-21-33)48-49-47(39)36-24-11-14-26-42(36)52(49)43-29-37-35-23-12-15-27-44(35)53-45(37)30-40(43)50-48/h1-30,46,51H. The summed E-state index contributed by atoms with van der Waals surface area (Å²) in [7, 11) is 2.46. The first-order chi connectivity index (χ1) is 26.3. The van der Waals surface area contributed by atoms with Gasteiger partial charge in [0.2, 0.25) is 0 Å². The molecule has 0 amide bonds. The first-order valence-corrected chi connectivity index (χ1v) is 19.0. The molecule has 11 rings (SSSR count). The molecule has 0 saturated carbocycles. The fraction of sp³-hybridized carbons (Fsp3) is 0.0204. The number of nitrogens with zero attached hydrogens (tertiary/aromatic N) is 1. The number of anilines is 2. The Kier molecular flexibility index (Phi) is 6.93. The molecule has 53 heavy (non-hydrogen) atoms. The molecular weight excluding hydrogens is 659 g/mol. The van der Waals surface area contributed by atoms with Gasteiger partial charge in [0.25, 0.3) is 0 Å².